The van der Waals surface area contributed by atoms with Gasteiger partial charge in [-0.1, -0.05) is 0 Å². The molecular weight excluding hydrogens is 76.1 g/mol. The molecule has 0 aromatic heterocycles. The van der Waals surface area contributed by atoms with E-state index in [1.54, 1.807) is 6.61 Å². The number of hydrogen-bond donors (Lipinski definition) is 0. The average Bonchev–Trinajstić information content (AvgIpc) is 1.35. The van der Waals surface area contributed by atoms with Crippen LogP contribution in [-0.4, -0.2) is 6.10 Å². The predicted octanol–water partition coefficient (Wildman–Crippen LogP) is 1.59. The highest BCUT2D eigenvalue weighted by atomic mass is 16.5. The molecule has 37 valence electrons. The molecule has 0 amide bonds. The van der Waals surface area contributed by atoms with Gasteiger partial charge in [0.1, 0.15) is 0 Å². The molecule has 0 aliphatic carbocycles. The van der Waals surface area contributed by atoms with Crippen molar-refractivity contribution in [1.29, 1.82) is 0 Å². The van der Waals surface area contributed by atoms with Crippen molar-refractivity contribution >= 4 is 0 Å². The quantitative estimate of drug-likeness (QED) is 0.497. The molecule has 0 saturated heterocycles. The molecule has 0 bridgehead atoms. The van der Waals surface area contributed by atoms with Crippen LogP contribution in [0, 0.1) is 6.61 Å². The van der Waals surface area contributed by atoms with E-state index in [9.17, 15) is 0 Å². The zero-order valence-corrected chi connectivity index (χ0v) is 4.56. The van der Waals surface area contributed by atoms with Crippen LogP contribution >= 0.6 is 0 Å². The van der Waals surface area contributed by atoms with Crippen molar-refractivity contribution in [1.82, 2.24) is 0 Å². The van der Waals surface area contributed by atoms with Crippen LogP contribution in [0.5, 0.6) is 0 Å². The normalized spacial score (nSPS) is 10.0. The summed E-state index contributed by atoms with van der Waals surface area (Å²) in [6.07, 6.45) is 0.343. The van der Waals surface area contributed by atoms with E-state index in [1.807, 2.05) is 20.8 Å². The number of ether oxygens (including phenoxy) is 1. The molecule has 1 radical (unpaired) electrons. The first-order chi connectivity index (χ1) is 2.77. The zero-order valence-electron chi connectivity index (χ0n) is 4.56. The van der Waals surface area contributed by atoms with Gasteiger partial charge in [0.15, 0.2) is 0 Å². The van der Waals surface area contributed by atoms with Crippen molar-refractivity contribution in [3.05, 3.63) is 6.61 Å². The fourth-order valence-electron chi connectivity index (χ4n) is 0.272. The second-order valence-electron chi connectivity index (χ2n) is 1.42. The topological polar surface area (TPSA) is 9.23 Å². The molecule has 0 aliphatic heterocycles. The summed E-state index contributed by atoms with van der Waals surface area (Å²) < 4.78 is 4.92. The molecule has 0 saturated carbocycles. The summed E-state index contributed by atoms with van der Waals surface area (Å²) in [5, 5.41) is 0. The summed E-state index contributed by atoms with van der Waals surface area (Å²) in [4.78, 5) is 0. The minimum atomic E-state index is 0.343. The van der Waals surface area contributed by atoms with E-state index in [1.165, 1.54) is 0 Å². The van der Waals surface area contributed by atoms with Crippen LogP contribution in [-0.2, 0) is 4.74 Å². The highest BCUT2D eigenvalue weighted by molar-refractivity contribution is 4.39. The smallest absolute Gasteiger partial charge is 0.0809 e. The minimum absolute atomic E-state index is 0.343. The first-order valence-electron chi connectivity index (χ1n) is 2.20. The van der Waals surface area contributed by atoms with Crippen LogP contribution < -0.4 is 0 Å². The Bertz CT molecular complexity index is 25.1. The molecule has 0 aromatic rings. The Morgan fingerprint density at radius 1 is 1.50 bits per heavy atom. The maximum Gasteiger partial charge on any atom is 0.0809 e. The van der Waals surface area contributed by atoms with E-state index < -0.39 is 0 Å². The van der Waals surface area contributed by atoms with E-state index in [4.69, 9.17) is 4.74 Å². The Labute approximate surface area is 39.3 Å². The van der Waals surface area contributed by atoms with Gasteiger partial charge in [-0.2, -0.15) is 0 Å². The Morgan fingerprint density at radius 2 is 2.00 bits per heavy atom. The third kappa shape index (κ3) is 3.96. The summed E-state index contributed by atoms with van der Waals surface area (Å²) in [6.45, 7) is 7.57. The zero-order chi connectivity index (χ0) is 4.99. The largest absolute Gasteiger partial charge is 0.373 e. The molecule has 0 spiro atoms. The molecule has 0 rings (SSSR count). The Morgan fingerprint density at radius 3 is 2.00 bits per heavy atom. The van der Waals surface area contributed by atoms with E-state index in [0.717, 1.165) is 0 Å². The third-order valence-corrected chi connectivity index (χ3v) is 0.408. The van der Waals surface area contributed by atoms with Gasteiger partial charge in [-0.15, -0.1) is 0 Å². The fraction of sp³-hybridized carbons (Fsp3) is 0.800. The number of rotatable bonds is 2. The average molecular weight is 87.1 g/mol. The van der Waals surface area contributed by atoms with E-state index in [-0.39, 0.29) is 0 Å². The molecular formula is C5H11O. The summed E-state index contributed by atoms with van der Waals surface area (Å²) in [7, 11) is 0. The van der Waals surface area contributed by atoms with E-state index >= 15 is 0 Å². The molecule has 0 fully saturated rings. The van der Waals surface area contributed by atoms with Gasteiger partial charge < -0.3 is 4.74 Å². The summed E-state index contributed by atoms with van der Waals surface area (Å²) in [5.41, 5.74) is 0. The Balaban J connectivity index is 2.63. The molecule has 0 aliphatic rings. The summed E-state index contributed by atoms with van der Waals surface area (Å²) in [6, 6.07) is 0. The van der Waals surface area contributed by atoms with Crippen molar-refractivity contribution < 1.29 is 4.74 Å². The third-order valence-electron chi connectivity index (χ3n) is 0.408. The summed E-state index contributed by atoms with van der Waals surface area (Å²) in [5.74, 6) is 0. The van der Waals surface area contributed by atoms with Gasteiger partial charge in [-0.25, -0.2) is 0 Å². The molecule has 0 unspecified atom stereocenters. The molecule has 0 aromatic carbocycles. The second kappa shape index (κ2) is 3.16. The van der Waals surface area contributed by atoms with Gasteiger partial charge in [0.2, 0.25) is 0 Å². The maximum absolute atomic E-state index is 4.92. The van der Waals surface area contributed by atoms with E-state index in [0.29, 0.717) is 6.10 Å². The van der Waals surface area contributed by atoms with Crippen molar-refractivity contribution in [2.75, 3.05) is 0 Å². The standard InChI is InChI=1S/C5H11O/c1-4-6-5(2)3/h4-5H,1-3H3. The van der Waals surface area contributed by atoms with Crippen LogP contribution in [0.2, 0.25) is 0 Å². The van der Waals surface area contributed by atoms with Gasteiger partial charge in [0.25, 0.3) is 0 Å². The summed E-state index contributed by atoms with van der Waals surface area (Å²) >= 11 is 0. The van der Waals surface area contributed by atoms with Crippen LogP contribution in [0.3, 0.4) is 0 Å². The number of hydrogen-bond acceptors (Lipinski definition) is 1. The van der Waals surface area contributed by atoms with Gasteiger partial charge in [0, 0.05) is 0 Å². The highest BCUT2D eigenvalue weighted by Gasteiger charge is 1.84. The monoisotopic (exact) mass is 87.1 g/mol. The van der Waals surface area contributed by atoms with Crippen LogP contribution in [0.1, 0.15) is 20.8 Å². The van der Waals surface area contributed by atoms with Crippen LogP contribution in [0.4, 0.5) is 0 Å². The highest BCUT2D eigenvalue weighted by Crippen LogP contribution is 1.87. The lowest BCUT2D eigenvalue weighted by Crippen LogP contribution is -1.96. The molecule has 6 heavy (non-hydrogen) atoms. The first kappa shape index (κ1) is 5.96. The lowest BCUT2D eigenvalue weighted by molar-refractivity contribution is 0.140. The molecule has 0 N–H and O–H groups in total. The van der Waals surface area contributed by atoms with Gasteiger partial charge in [-0.05, 0) is 20.8 Å². The predicted molar refractivity (Wildman–Crippen MR) is 26.2 cm³/mol. The Kier molecular flexibility index (Phi) is 3.14. The van der Waals surface area contributed by atoms with Crippen molar-refractivity contribution in [2.45, 2.75) is 26.9 Å². The van der Waals surface area contributed by atoms with Gasteiger partial charge >= 0.3 is 0 Å². The van der Waals surface area contributed by atoms with Crippen molar-refractivity contribution in [2.24, 2.45) is 0 Å². The SMILES string of the molecule is C[CH]OC(C)C. The molecule has 0 heterocycles. The maximum atomic E-state index is 4.92. The second-order valence-corrected chi connectivity index (χ2v) is 1.42. The van der Waals surface area contributed by atoms with Crippen molar-refractivity contribution in [3.8, 4) is 0 Å². The first-order valence-corrected chi connectivity index (χ1v) is 2.20. The lowest BCUT2D eigenvalue weighted by atomic mass is 10.5. The van der Waals surface area contributed by atoms with Gasteiger partial charge in [-0.3, -0.25) is 0 Å². The van der Waals surface area contributed by atoms with E-state index in [2.05, 4.69) is 0 Å². The Hall–Kier alpha value is -0.0400. The molecule has 1 heteroatoms. The van der Waals surface area contributed by atoms with Gasteiger partial charge in [0.05, 0.1) is 12.7 Å². The lowest BCUT2D eigenvalue weighted by Gasteiger charge is -1.99. The van der Waals surface area contributed by atoms with Crippen molar-refractivity contribution in [3.63, 3.8) is 0 Å². The minimum Gasteiger partial charge on any atom is -0.373 e. The van der Waals surface area contributed by atoms with Crippen LogP contribution in [0.25, 0.3) is 0 Å². The fourth-order valence-corrected chi connectivity index (χ4v) is 0.272. The van der Waals surface area contributed by atoms with Crippen LogP contribution in [0.15, 0.2) is 0 Å². The molecule has 0 atom stereocenters. The molecule has 1 nitrogen and oxygen atoms in total.